The third-order valence-electron chi connectivity index (χ3n) is 3.19. The normalized spacial score (nSPS) is 15.1. The van der Waals surface area contributed by atoms with E-state index in [1.807, 2.05) is 20.8 Å². The Kier molecular flexibility index (Phi) is 5.69. The van der Waals surface area contributed by atoms with Crippen LogP contribution in [-0.4, -0.2) is 38.7 Å². The van der Waals surface area contributed by atoms with Crippen LogP contribution in [0.5, 0.6) is 0 Å². The SMILES string of the molecule is CC[PH](CC)(CC)CNS(=O)(=O)C(F)(F)F. The van der Waals surface area contributed by atoms with Crippen LogP contribution < -0.4 is 4.72 Å². The summed E-state index contributed by atoms with van der Waals surface area (Å²) in [4.78, 5) is 0. The van der Waals surface area contributed by atoms with Gasteiger partial charge in [-0.1, -0.05) is 0 Å². The molecule has 0 spiro atoms. The van der Waals surface area contributed by atoms with E-state index >= 15 is 0 Å². The van der Waals surface area contributed by atoms with Gasteiger partial charge in [0, 0.05) is 0 Å². The van der Waals surface area contributed by atoms with Gasteiger partial charge in [-0.05, 0) is 0 Å². The maximum absolute atomic E-state index is 12.1. The predicted molar refractivity (Wildman–Crippen MR) is 62.9 cm³/mol. The molecule has 8 heteroatoms. The van der Waals surface area contributed by atoms with E-state index in [1.165, 1.54) is 0 Å². The molecule has 0 aromatic heterocycles. The summed E-state index contributed by atoms with van der Waals surface area (Å²) < 4.78 is 59.6. The Morgan fingerprint density at radius 3 is 1.69 bits per heavy atom. The zero-order valence-corrected chi connectivity index (χ0v) is 11.5. The van der Waals surface area contributed by atoms with Crippen LogP contribution in [-0.2, 0) is 10.0 Å². The van der Waals surface area contributed by atoms with Crippen LogP contribution in [0.2, 0.25) is 0 Å². The fourth-order valence-electron chi connectivity index (χ4n) is 1.45. The number of sulfonamides is 1. The first kappa shape index (κ1) is 16.1. The van der Waals surface area contributed by atoms with Crippen LogP contribution in [0, 0.1) is 0 Å². The molecule has 0 amide bonds. The number of hydrogen-bond acceptors (Lipinski definition) is 2. The van der Waals surface area contributed by atoms with Crippen molar-refractivity contribution in [3.63, 3.8) is 0 Å². The van der Waals surface area contributed by atoms with E-state index in [-0.39, 0.29) is 6.29 Å². The number of hydrogen-bond donors (Lipinski definition) is 1. The molecule has 0 aromatic carbocycles. The molecule has 100 valence electrons. The van der Waals surface area contributed by atoms with Gasteiger partial charge in [0.15, 0.2) is 0 Å². The van der Waals surface area contributed by atoms with Crippen molar-refractivity contribution in [2.24, 2.45) is 0 Å². The third-order valence-corrected chi connectivity index (χ3v) is 10.0. The fraction of sp³-hybridized carbons (Fsp3) is 1.00. The molecule has 0 aliphatic heterocycles. The molecule has 0 rings (SSSR count). The van der Waals surface area contributed by atoms with Crippen molar-refractivity contribution in [3.05, 3.63) is 0 Å². The Labute approximate surface area is 95.2 Å². The monoisotopic (exact) mass is 281 g/mol. The van der Waals surface area contributed by atoms with Crippen molar-refractivity contribution in [1.29, 1.82) is 0 Å². The molecule has 0 aliphatic rings. The van der Waals surface area contributed by atoms with Crippen molar-refractivity contribution in [1.82, 2.24) is 4.72 Å². The van der Waals surface area contributed by atoms with Gasteiger partial charge in [0.25, 0.3) is 0 Å². The summed E-state index contributed by atoms with van der Waals surface area (Å²) >= 11 is 0. The van der Waals surface area contributed by atoms with Crippen LogP contribution in [0.1, 0.15) is 20.8 Å². The molecule has 0 heterocycles. The van der Waals surface area contributed by atoms with Crippen molar-refractivity contribution in [2.45, 2.75) is 26.3 Å². The summed E-state index contributed by atoms with van der Waals surface area (Å²) in [5.74, 6) is 0. The molecule has 3 nitrogen and oxygen atoms in total. The molecule has 0 unspecified atom stereocenters. The Bertz CT molecular complexity index is 303. The summed E-state index contributed by atoms with van der Waals surface area (Å²) in [6.45, 7) is 5.71. The zero-order chi connectivity index (χ0) is 13.0. The zero-order valence-electron chi connectivity index (χ0n) is 9.69. The van der Waals surface area contributed by atoms with Gasteiger partial charge in [-0.3, -0.25) is 0 Å². The van der Waals surface area contributed by atoms with Gasteiger partial charge in [-0.25, -0.2) is 0 Å². The average Bonchev–Trinajstić information content (AvgIpc) is 2.19. The topological polar surface area (TPSA) is 46.2 Å². The first-order chi connectivity index (χ1) is 7.14. The number of nitrogens with one attached hydrogen (secondary N) is 1. The van der Waals surface area contributed by atoms with Crippen molar-refractivity contribution in [3.8, 4) is 0 Å². The predicted octanol–water partition coefficient (Wildman–Crippen LogP) is 2.19. The minimum absolute atomic E-state index is 0.0294. The summed E-state index contributed by atoms with van der Waals surface area (Å²) in [6.07, 6.45) is 2.31. The van der Waals surface area contributed by atoms with Crippen LogP contribution in [0.25, 0.3) is 0 Å². The van der Waals surface area contributed by atoms with Gasteiger partial charge in [0.2, 0.25) is 0 Å². The molecular weight excluding hydrogens is 262 g/mol. The Morgan fingerprint density at radius 1 is 1.06 bits per heavy atom. The van der Waals surface area contributed by atoms with Crippen LogP contribution in [0.3, 0.4) is 0 Å². The number of alkyl halides is 3. The van der Waals surface area contributed by atoms with Crippen LogP contribution in [0.15, 0.2) is 0 Å². The maximum atomic E-state index is 12.1. The summed E-state index contributed by atoms with van der Waals surface area (Å²) in [5.41, 5.74) is -5.21. The molecule has 0 saturated carbocycles. The molecule has 1 N–H and O–H groups in total. The van der Waals surface area contributed by atoms with Gasteiger partial charge in [0.05, 0.1) is 0 Å². The molecular formula is C8H19F3NO2PS. The van der Waals surface area contributed by atoms with Gasteiger partial charge in [-0.2, -0.15) is 0 Å². The van der Waals surface area contributed by atoms with Gasteiger partial charge in [-0.15, -0.1) is 0 Å². The standard InChI is InChI=1S/C8H19F3NO2PS/c1-4-15(5-2,6-3)7-12-16(13,14)8(9,10)11/h12,15H,4-7H2,1-3H3. The Morgan fingerprint density at radius 2 is 1.44 bits per heavy atom. The quantitative estimate of drug-likeness (QED) is 0.759. The van der Waals surface area contributed by atoms with E-state index in [2.05, 4.69) is 0 Å². The van der Waals surface area contributed by atoms with Gasteiger partial charge >= 0.3 is 94.6 Å². The molecule has 0 radical (unpaired) electrons. The molecule has 0 aliphatic carbocycles. The first-order valence-corrected chi connectivity index (χ1v) is 9.51. The number of halogens is 3. The summed E-state index contributed by atoms with van der Waals surface area (Å²) in [6, 6.07) is 0. The van der Waals surface area contributed by atoms with E-state index in [0.29, 0.717) is 0 Å². The Hall–Kier alpha value is 0.130. The van der Waals surface area contributed by atoms with E-state index in [4.69, 9.17) is 0 Å². The van der Waals surface area contributed by atoms with Gasteiger partial charge in [0.1, 0.15) is 0 Å². The van der Waals surface area contributed by atoms with Crippen LogP contribution >= 0.6 is 7.26 Å². The molecule has 0 fully saturated rings. The van der Waals surface area contributed by atoms with E-state index in [0.717, 1.165) is 18.5 Å². The van der Waals surface area contributed by atoms with E-state index in [1.54, 1.807) is 4.72 Å². The van der Waals surface area contributed by atoms with E-state index < -0.39 is 22.8 Å². The van der Waals surface area contributed by atoms with Crippen molar-refractivity contribution < 1.29 is 21.6 Å². The minimum atomic E-state index is -5.21. The Balaban J connectivity index is 4.68. The first-order valence-electron chi connectivity index (χ1n) is 5.20. The van der Waals surface area contributed by atoms with Crippen LogP contribution in [0.4, 0.5) is 13.2 Å². The van der Waals surface area contributed by atoms with Gasteiger partial charge < -0.3 is 0 Å². The molecule has 0 aromatic rings. The molecule has 16 heavy (non-hydrogen) atoms. The average molecular weight is 281 g/mol. The molecule has 0 atom stereocenters. The second-order valence-corrected chi connectivity index (χ2v) is 11.1. The molecule has 0 saturated heterocycles. The second kappa shape index (κ2) is 5.65. The number of rotatable bonds is 6. The fourth-order valence-corrected chi connectivity index (χ4v) is 5.85. The molecule has 0 bridgehead atoms. The van der Waals surface area contributed by atoms with E-state index in [9.17, 15) is 21.6 Å². The third kappa shape index (κ3) is 3.86. The summed E-state index contributed by atoms with van der Waals surface area (Å²) in [7, 11) is -7.07. The van der Waals surface area contributed by atoms with Crippen molar-refractivity contribution in [2.75, 3.05) is 24.8 Å². The summed E-state index contributed by atoms with van der Waals surface area (Å²) in [5, 5.41) is 0. The van der Waals surface area contributed by atoms with Crippen molar-refractivity contribution >= 4 is 17.3 Å². The second-order valence-electron chi connectivity index (χ2n) is 3.83.